The number of amides is 2. The molecular formula is C18H18F3N3O4. The summed E-state index contributed by atoms with van der Waals surface area (Å²) in [5.41, 5.74) is -1.89. The molecule has 2 amide bonds. The standard InChI is InChI=1S/C18H18F3N3O4/c19-18(20,21)13-5-3-12(4-6-13)16(27)23-9-15(26)28-10-14(25)24-17(11-22)7-1-2-8-17/h3-6H,1-2,7-10H2,(H,23,27)(H,24,25). The Bertz CT molecular complexity index is 779. The molecule has 2 N–H and O–H groups in total. The van der Waals surface area contributed by atoms with Gasteiger partial charge in [0.25, 0.3) is 11.8 Å². The zero-order valence-electron chi connectivity index (χ0n) is 14.8. The van der Waals surface area contributed by atoms with Crippen LogP contribution in [0, 0.1) is 11.3 Å². The minimum absolute atomic E-state index is 0.0595. The molecule has 2 rings (SSSR count). The third-order valence-corrected chi connectivity index (χ3v) is 4.28. The third kappa shape index (κ3) is 5.70. The van der Waals surface area contributed by atoms with E-state index in [9.17, 15) is 32.8 Å². The van der Waals surface area contributed by atoms with Crippen LogP contribution in [0.15, 0.2) is 24.3 Å². The summed E-state index contributed by atoms with van der Waals surface area (Å²) in [6.45, 7) is -1.16. The highest BCUT2D eigenvalue weighted by Gasteiger charge is 2.35. The number of nitriles is 1. The Morgan fingerprint density at radius 1 is 1.14 bits per heavy atom. The topological polar surface area (TPSA) is 108 Å². The Labute approximate surface area is 158 Å². The van der Waals surface area contributed by atoms with Gasteiger partial charge < -0.3 is 15.4 Å². The molecule has 1 saturated carbocycles. The van der Waals surface area contributed by atoms with Crippen molar-refractivity contribution in [3.63, 3.8) is 0 Å². The van der Waals surface area contributed by atoms with Gasteiger partial charge in [-0.3, -0.25) is 14.4 Å². The molecule has 0 spiro atoms. The van der Waals surface area contributed by atoms with Crippen LogP contribution in [0.25, 0.3) is 0 Å². The number of rotatable bonds is 6. The van der Waals surface area contributed by atoms with Crippen LogP contribution in [0.4, 0.5) is 13.2 Å². The number of ether oxygens (including phenoxy) is 1. The molecule has 0 saturated heterocycles. The van der Waals surface area contributed by atoms with Gasteiger partial charge in [0.15, 0.2) is 6.61 Å². The molecule has 1 fully saturated rings. The predicted molar refractivity (Wildman–Crippen MR) is 89.7 cm³/mol. The van der Waals surface area contributed by atoms with Gasteiger partial charge in [-0.05, 0) is 49.9 Å². The molecule has 150 valence electrons. The van der Waals surface area contributed by atoms with Gasteiger partial charge in [-0.25, -0.2) is 0 Å². The van der Waals surface area contributed by atoms with Crippen molar-refractivity contribution in [1.29, 1.82) is 5.26 Å². The van der Waals surface area contributed by atoms with E-state index >= 15 is 0 Å². The zero-order valence-corrected chi connectivity index (χ0v) is 14.8. The number of hydrogen-bond donors (Lipinski definition) is 2. The molecule has 0 aromatic heterocycles. The van der Waals surface area contributed by atoms with Crippen LogP contribution in [0.2, 0.25) is 0 Å². The van der Waals surface area contributed by atoms with Gasteiger partial charge in [-0.2, -0.15) is 18.4 Å². The molecule has 0 aliphatic heterocycles. The Morgan fingerprint density at radius 3 is 2.29 bits per heavy atom. The Hall–Kier alpha value is -3.09. The van der Waals surface area contributed by atoms with Gasteiger partial charge in [0.05, 0.1) is 11.6 Å². The van der Waals surface area contributed by atoms with Gasteiger partial charge in [-0.1, -0.05) is 0 Å². The van der Waals surface area contributed by atoms with Crippen LogP contribution in [0.5, 0.6) is 0 Å². The molecular weight excluding hydrogens is 379 g/mol. The summed E-state index contributed by atoms with van der Waals surface area (Å²) in [6, 6.07) is 5.55. The average molecular weight is 397 g/mol. The molecule has 1 aromatic carbocycles. The highest BCUT2D eigenvalue weighted by Crippen LogP contribution is 2.29. The summed E-state index contributed by atoms with van der Waals surface area (Å²) < 4.78 is 42.2. The first-order valence-electron chi connectivity index (χ1n) is 8.48. The number of nitrogens with zero attached hydrogens (tertiary/aromatic N) is 1. The second kappa shape index (κ2) is 8.73. The largest absolute Gasteiger partial charge is 0.454 e. The summed E-state index contributed by atoms with van der Waals surface area (Å²) in [4.78, 5) is 35.3. The van der Waals surface area contributed by atoms with Gasteiger partial charge in [0.1, 0.15) is 12.1 Å². The van der Waals surface area contributed by atoms with Crippen molar-refractivity contribution in [3.05, 3.63) is 35.4 Å². The van der Waals surface area contributed by atoms with Crippen molar-refractivity contribution in [2.45, 2.75) is 37.4 Å². The lowest BCUT2D eigenvalue weighted by Crippen LogP contribution is -2.47. The Kier molecular flexibility index (Phi) is 6.62. The number of benzene rings is 1. The predicted octanol–water partition coefficient (Wildman–Crippen LogP) is 1.93. The van der Waals surface area contributed by atoms with E-state index in [-0.39, 0.29) is 5.56 Å². The van der Waals surface area contributed by atoms with E-state index in [2.05, 4.69) is 16.7 Å². The Balaban J connectivity index is 1.75. The lowest BCUT2D eigenvalue weighted by atomic mass is 10.00. The smallest absolute Gasteiger partial charge is 0.416 e. The summed E-state index contributed by atoms with van der Waals surface area (Å²) in [5.74, 6) is -2.27. The number of carbonyl (C=O) groups is 3. The summed E-state index contributed by atoms with van der Waals surface area (Å²) in [5, 5.41) is 13.9. The maximum Gasteiger partial charge on any atom is 0.416 e. The lowest BCUT2D eigenvalue weighted by molar-refractivity contribution is -0.147. The molecule has 0 heterocycles. The van der Waals surface area contributed by atoms with Crippen molar-refractivity contribution in [1.82, 2.24) is 10.6 Å². The normalized spacial score (nSPS) is 15.4. The summed E-state index contributed by atoms with van der Waals surface area (Å²) in [7, 11) is 0. The van der Waals surface area contributed by atoms with E-state index in [4.69, 9.17) is 4.74 Å². The van der Waals surface area contributed by atoms with E-state index in [0.29, 0.717) is 12.8 Å². The van der Waals surface area contributed by atoms with Crippen LogP contribution in [0.1, 0.15) is 41.6 Å². The number of halogens is 3. The number of nitrogens with one attached hydrogen (secondary N) is 2. The minimum atomic E-state index is -4.51. The minimum Gasteiger partial charge on any atom is -0.454 e. The quantitative estimate of drug-likeness (QED) is 0.713. The van der Waals surface area contributed by atoms with Crippen LogP contribution in [0.3, 0.4) is 0 Å². The molecule has 1 aromatic rings. The number of hydrogen-bond acceptors (Lipinski definition) is 5. The second-order valence-electron chi connectivity index (χ2n) is 6.37. The monoisotopic (exact) mass is 397 g/mol. The second-order valence-corrected chi connectivity index (χ2v) is 6.37. The molecule has 10 heteroatoms. The first-order valence-corrected chi connectivity index (χ1v) is 8.48. The van der Waals surface area contributed by atoms with E-state index in [1.165, 1.54) is 0 Å². The fourth-order valence-electron chi connectivity index (χ4n) is 2.81. The first kappa shape index (κ1) is 21.2. The molecule has 0 atom stereocenters. The van der Waals surface area contributed by atoms with Crippen LogP contribution in [-0.2, 0) is 20.5 Å². The molecule has 0 unspecified atom stereocenters. The fraction of sp³-hybridized carbons (Fsp3) is 0.444. The SMILES string of the molecule is N#CC1(NC(=O)COC(=O)CNC(=O)c2ccc(C(F)(F)F)cc2)CCCC1. The van der Waals surface area contributed by atoms with Crippen molar-refractivity contribution in [2.24, 2.45) is 0 Å². The van der Waals surface area contributed by atoms with Crippen molar-refractivity contribution < 1.29 is 32.3 Å². The van der Waals surface area contributed by atoms with Gasteiger partial charge in [0, 0.05) is 5.56 Å². The van der Waals surface area contributed by atoms with Crippen LogP contribution >= 0.6 is 0 Å². The fourth-order valence-corrected chi connectivity index (χ4v) is 2.81. The molecule has 0 radical (unpaired) electrons. The maximum absolute atomic E-state index is 12.5. The van der Waals surface area contributed by atoms with E-state index in [1.807, 2.05) is 0 Å². The van der Waals surface area contributed by atoms with Gasteiger partial charge in [0.2, 0.25) is 0 Å². The van der Waals surface area contributed by atoms with Crippen LogP contribution in [-0.4, -0.2) is 36.5 Å². The van der Waals surface area contributed by atoms with E-state index in [0.717, 1.165) is 37.1 Å². The average Bonchev–Trinajstić information content (AvgIpc) is 3.12. The summed E-state index contributed by atoms with van der Waals surface area (Å²) in [6.07, 6.45) is -1.80. The third-order valence-electron chi connectivity index (χ3n) is 4.28. The van der Waals surface area contributed by atoms with Crippen molar-refractivity contribution in [3.8, 4) is 6.07 Å². The van der Waals surface area contributed by atoms with E-state index < -0.39 is 48.2 Å². The molecule has 1 aliphatic rings. The van der Waals surface area contributed by atoms with Gasteiger partial charge in [-0.15, -0.1) is 0 Å². The molecule has 0 bridgehead atoms. The molecule has 7 nitrogen and oxygen atoms in total. The highest BCUT2D eigenvalue weighted by atomic mass is 19.4. The van der Waals surface area contributed by atoms with Crippen molar-refractivity contribution >= 4 is 17.8 Å². The number of esters is 1. The van der Waals surface area contributed by atoms with Crippen molar-refractivity contribution in [2.75, 3.05) is 13.2 Å². The first-order chi connectivity index (χ1) is 13.1. The van der Waals surface area contributed by atoms with Gasteiger partial charge >= 0.3 is 12.1 Å². The maximum atomic E-state index is 12.5. The highest BCUT2D eigenvalue weighted by molar-refractivity contribution is 5.96. The van der Waals surface area contributed by atoms with Crippen LogP contribution < -0.4 is 10.6 Å². The summed E-state index contributed by atoms with van der Waals surface area (Å²) >= 11 is 0. The molecule has 1 aliphatic carbocycles. The van der Waals surface area contributed by atoms with E-state index in [1.54, 1.807) is 0 Å². The number of alkyl halides is 3. The Morgan fingerprint density at radius 2 is 1.75 bits per heavy atom. The number of carbonyl (C=O) groups excluding carboxylic acids is 3. The molecule has 28 heavy (non-hydrogen) atoms. The lowest BCUT2D eigenvalue weighted by Gasteiger charge is -2.21. The zero-order chi connectivity index (χ0) is 20.8.